The Morgan fingerprint density at radius 3 is 2.14 bits per heavy atom. The van der Waals surface area contributed by atoms with Gasteiger partial charge in [0.2, 0.25) is 0 Å². The lowest BCUT2D eigenvalue weighted by Gasteiger charge is -2.22. The summed E-state index contributed by atoms with van der Waals surface area (Å²) in [6.07, 6.45) is 0. The van der Waals surface area contributed by atoms with Crippen molar-refractivity contribution in [1.29, 1.82) is 0 Å². The summed E-state index contributed by atoms with van der Waals surface area (Å²) in [7, 11) is 0. The Morgan fingerprint density at radius 2 is 1.43 bits per heavy atom. The minimum atomic E-state index is 0.136. The number of para-hydroxylation sites is 1. The van der Waals surface area contributed by atoms with E-state index in [0.717, 1.165) is 5.69 Å². The van der Waals surface area contributed by atoms with E-state index in [2.05, 4.69) is 86.8 Å². The smallest absolute Gasteiger partial charge is 0.0466 e. The van der Waals surface area contributed by atoms with Gasteiger partial charge in [0, 0.05) is 16.8 Å². The van der Waals surface area contributed by atoms with Crippen LogP contribution >= 0.6 is 0 Å². The summed E-state index contributed by atoms with van der Waals surface area (Å²) in [5, 5.41) is 6.10. The number of nitrogens with one attached hydrogen (secondary N) is 1. The molecule has 0 aliphatic carbocycles. The monoisotopic (exact) mass is 275 g/mol. The fourth-order valence-electron chi connectivity index (χ4n) is 2.52. The number of rotatable bonds is 2. The normalized spacial score (nSPS) is 11.6. The summed E-state index contributed by atoms with van der Waals surface area (Å²) in [5.41, 5.74) is 3.77. The number of hydrogen-bond donors (Lipinski definition) is 1. The summed E-state index contributed by atoms with van der Waals surface area (Å²) in [6, 6.07) is 23.5. The summed E-state index contributed by atoms with van der Waals surface area (Å²) >= 11 is 0. The van der Waals surface area contributed by atoms with E-state index >= 15 is 0 Å². The number of hydrogen-bond acceptors (Lipinski definition) is 1. The highest BCUT2D eigenvalue weighted by Crippen LogP contribution is 2.33. The van der Waals surface area contributed by atoms with Gasteiger partial charge in [0.05, 0.1) is 0 Å². The van der Waals surface area contributed by atoms with E-state index in [-0.39, 0.29) is 5.41 Å². The van der Waals surface area contributed by atoms with Gasteiger partial charge in [-0.2, -0.15) is 0 Å². The number of benzene rings is 3. The van der Waals surface area contributed by atoms with Crippen LogP contribution in [0.4, 0.5) is 11.4 Å². The molecule has 1 N–H and O–H groups in total. The summed E-state index contributed by atoms with van der Waals surface area (Å²) in [4.78, 5) is 0. The zero-order chi connectivity index (χ0) is 14.9. The van der Waals surface area contributed by atoms with Crippen LogP contribution in [0.1, 0.15) is 26.3 Å². The van der Waals surface area contributed by atoms with Crippen molar-refractivity contribution < 1.29 is 0 Å². The molecule has 21 heavy (non-hydrogen) atoms. The first kappa shape index (κ1) is 13.7. The predicted octanol–water partition coefficient (Wildman–Crippen LogP) is 5.88. The molecule has 1 nitrogen and oxygen atoms in total. The van der Waals surface area contributed by atoms with Crippen molar-refractivity contribution in [2.24, 2.45) is 0 Å². The number of fused-ring (bicyclic) bond motifs is 1. The van der Waals surface area contributed by atoms with E-state index in [1.165, 1.54) is 22.0 Å². The van der Waals surface area contributed by atoms with Crippen LogP contribution in [0.5, 0.6) is 0 Å². The summed E-state index contributed by atoms with van der Waals surface area (Å²) < 4.78 is 0. The van der Waals surface area contributed by atoms with Crippen LogP contribution in [0.25, 0.3) is 10.8 Å². The second-order valence-electron chi connectivity index (χ2n) is 6.49. The molecule has 0 amide bonds. The maximum atomic E-state index is 3.56. The molecule has 3 rings (SSSR count). The highest BCUT2D eigenvalue weighted by atomic mass is 14.9. The van der Waals surface area contributed by atoms with Crippen molar-refractivity contribution >= 4 is 22.1 Å². The van der Waals surface area contributed by atoms with Crippen molar-refractivity contribution in [3.8, 4) is 0 Å². The molecule has 0 saturated heterocycles. The van der Waals surface area contributed by atoms with E-state index in [1.807, 2.05) is 6.07 Å². The predicted molar refractivity (Wildman–Crippen MR) is 92.4 cm³/mol. The van der Waals surface area contributed by atoms with Crippen molar-refractivity contribution in [3.05, 3.63) is 72.3 Å². The zero-order valence-corrected chi connectivity index (χ0v) is 12.9. The van der Waals surface area contributed by atoms with Crippen LogP contribution in [0.15, 0.2) is 66.7 Å². The quantitative estimate of drug-likeness (QED) is 0.615. The van der Waals surface area contributed by atoms with Crippen LogP contribution in [0.2, 0.25) is 0 Å². The van der Waals surface area contributed by atoms with Crippen LogP contribution in [0, 0.1) is 0 Å². The third-order valence-corrected chi connectivity index (χ3v) is 3.78. The lowest BCUT2D eigenvalue weighted by atomic mass is 9.85. The van der Waals surface area contributed by atoms with Crippen LogP contribution in [-0.4, -0.2) is 0 Å². The van der Waals surface area contributed by atoms with Crippen molar-refractivity contribution in [2.45, 2.75) is 26.2 Å². The molecule has 0 saturated carbocycles. The Bertz CT molecular complexity index is 752. The molecule has 0 heterocycles. The fourth-order valence-corrected chi connectivity index (χ4v) is 2.52. The second kappa shape index (κ2) is 5.25. The molecular weight excluding hydrogens is 254 g/mol. The molecule has 0 unspecified atom stereocenters. The molecule has 0 aromatic heterocycles. The Kier molecular flexibility index (Phi) is 3.42. The lowest BCUT2D eigenvalue weighted by Crippen LogP contribution is -2.11. The third kappa shape index (κ3) is 2.92. The van der Waals surface area contributed by atoms with E-state index in [0.29, 0.717) is 0 Å². The molecule has 1 heteroatoms. The average Bonchev–Trinajstić information content (AvgIpc) is 2.47. The molecule has 0 radical (unpaired) electrons. The molecule has 0 atom stereocenters. The standard InChI is InChI=1S/C20H21N/c1-20(2,3)16-13-15-9-7-8-12-18(15)19(14-16)21-17-10-5-4-6-11-17/h4-14,21H,1-3H3. The van der Waals surface area contributed by atoms with Gasteiger partial charge in [-0.3, -0.25) is 0 Å². The van der Waals surface area contributed by atoms with Gasteiger partial charge in [-0.15, -0.1) is 0 Å². The second-order valence-corrected chi connectivity index (χ2v) is 6.49. The first-order valence-corrected chi connectivity index (χ1v) is 7.39. The molecule has 106 valence electrons. The van der Waals surface area contributed by atoms with Gasteiger partial charge in [-0.25, -0.2) is 0 Å². The third-order valence-electron chi connectivity index (χ3n) is 3.78. The summed E-state index contributed by atoms with van der Waals surface area (Å²) in [6.45, 7) is 6.76. The van der Waals surface area contributed by atoms with Gasteiger partial charge in [0.25, 0.3) is 0 Å². The van der Waals surface area contributed by atoms with E-state index in [4.69, 9.17) is 0 Å². The first-order valence-electron chi connectivity index (χ1n) is 7.39. The molecule has 0 spiro atoms. The molecule has 0 fully saturated rings. The zero-order valence-electron chi connectivity index (χ0n) is 12.9. The van der Waals surface area contributed by atoms with Crippen LogP contribution in [-0.2, 0) is 5.41 Å². The van der Waals surface area contributed by atoms with Crippen molar-refractivity contribution in [2.75, 3.05) is 5.32 Å². The van der Waals surface area contributed by atoms with Gasteiger partial charge < -0.3 is 5.32 Å². The van der Waals surface area contributed by atoms with Crippen molar-refractivity contribution in [3.63, 3.8) is 0 Å². The molecular formula is C20H21N. The Balaban J connectivity index is 2.15. The summed E-state index contributed by atoms with van der Waals surface area (Å²) in [5.74, 6) is 0. The van der Waals surface area contributed by atoms with E-state index in [9.17, 15) is 0 Å². The Hall–Kier alpha value is -2.28. The minimum absolute atomic E-state index is 0.136. The van der Waals surface area contributed by atoms with Gasteiger partial charge >= 0.3 is 0 Å². The van der Waals surface area contributed by atoms with E-state index < -0.39 is 0 Å². The minimum Gasteiger partial charge on any atom is -0.355 e. The average molecular weight is 275 g/mol. The fraction of sp³-hybridized carbons (Fsp3) is 0.200. The molecule has 0 bridgehead atoms. The first-order chi connectivity index (χ1) is 10.0. The molecule has 3 aromatic rings. The number of anilines is 2. The maximum Gasteiger partial charge on any atom is 0.0466 e. The Morgan fingerprint density at radius 1 is 0.762 bits per heavy atom. The largest absolute Gasteiger partial charge is 0.355 e. The topological polar surface area (TPSA) is 12.0 Å². The van der Waals surface area contributed by atoms with Crippen molar-refractivity contribution in [1.82, 2.24) is 0 Å². The van der Waals surface area contributed by atoms with Gasteiger partial charge in [-0.1, -0.05) is 69.3 Å². The molecule has 0 aliphatic rings. The molecule has 3 aromatic carbocycles. The van der Waals surface area contributed by atoms with Gasteiger partial charge in [0.1, 0.15) is 0 Å². The van der Waals surface area contributed by atoms with Crippen LogP contribution < -0.4 is 5.32 Å². The van der Waals surface area contributed by atoms with Gasteiger partial charge in [0.15, 0.2) is 0 Å². The van der Waals surface area contributed by atoms with E-state index in [1.54, 1.807) is 0 Å². The lowest BCUT2D eigenvalue weighted by molar-refractivity contribution is 0.591. The highest BCUT2D eigenvalue weighted by molar-refractivity contribution is 5.96. The SMILES string of the molecule is CC(C)(C)c1cc(Nc2ccccc2)c2ccccc2c1. The van der Waals surface area contributed by atoms with Crippen LogP contribution in [0.3, 0.4) is 0 Å². The maximum absolute atomic E-state index is 3.56. The Labute approximate surface area is 126 Å². The van der Waals surface area contributed by atoms with Gasteiger partial charge in [-0.05, 0) is 34.6 Å². The molecule has 0 aliphatic heterocycles. The highest BCUT2D eigenvalue weighted by Gasteiger charge is 2.16.